The highest BCUT2D eigenvalue weighted by atomic mass is 16.5. The number of rotatable bonds is 7. The molecule has 0 spiro atoms. The quantitative estimate of drug-likeness (QED) is 0.686. The monoisotopic (exact) mass is 216 g/mol. The maximum atomic E-state index is 11.6. The fraction of sp³-hybridized carbons (Fsp3) is 0.909. The number of nitrogens with zero attached hydrogens (tertiary/aromatic N) is 1. The van der Waals surface area contributed by atoms with Crippen LogP contribution < -0.4 is 5.73 Å². The van der Waals surface area contributed by atoms with Gasteiger partial charge in [-0.05, 0) is 12.3 Å². The highest BCUT2D eigenvalue weighted by Gasteiger charge is 2.12. The van der Waals surface area contributed by atoms with E-state index in [2.05, 4.69) is 13.8 Å². The van der Waals surface area contributed by atoms with Crippen molar-refractivity contribution in [3.05, 3.63) is 0 Å². The van der Waals surface area contributed by atoms with E-state index in [9.17, 15) is 4.79 Å². The van der Waals surface area contributed by atoms with Crippen molar-refractivity contribution >= 4 is 5.91 Å². The molecule has 0 aliphatic rings. The van der Waals surface area contributed by atoms with E-state index < -0.39 is 0 Å². The van der Waals surface area contributed by atoms with Crippen molar-refractivity contribution in [1.29, 1.82) is 0 Å². The number of nitrogens with two attached hydrogens (primary N) is 1. The number of likely N-dealkylation sites (N-methyl/N-ethyl adjacent to an activating group) is 1. The lowest BCUT2D eigenvalue weighted by Crippen LogP contribution is -2.41. The number of methoxy groups -OCH3 is 1. The van der Waals surface area contributed by atoms with Gasteiger partial charge in [0.05, 0.1) is 6.61 Å². The summed E-state index contributed by atoms with van der Waals surface area (Å²) in [5.74, 6) is 0.727. The van der Waals surface area contributed by atoms with Crippen LogP contribution in [0.4, 0.5) is 0 Å². The van der Waals surface area contributed by atoms with Crippen molar-refractivity contribution in [2.24, 2.45) is 11.7 Å². The van der Waals surface area contributed by atoms with E-state index in [0.29, 0.717) is 25.5 Å². The van der Waals surface area contributed by atoms with Gasteiger partial charge in [-0.15, -0.1) is 0 Å². The zero-order valence-corrected chi connectivity index (χ0v) is 10.3. The Morgan fingerprint density at radius 2 is 2.07 bits per heavy atom. The van der Waals surface area contributed by atoms with Crippen molar-refractivity contribution in [2.75, 3.05) is 27.3 Å². The predicted molar refractivity (Wildman–Crippen MR) is 61.6 cm³/mol. The minimum atomic E-state index is -0.0944. The highest BCUT2D eigenvalue weighted by molar-refractivity contribution is 5.75. The first-order valence-corrected chi connectivity index (χ1v) is 5.45. The van der Waals surface area contributed by atoms with Gasteiger partial charge in [-0.1, -0.05) is 13.8 Å². The van der Waals surface area contributed by atoms with Crippen LogP contribution in [0, 0.1) is 5.92 Å². The Balaban J connectivity index is 3.78. The molecule has 0 aliphatic heterocycles. The van der Waals surface area contributed by atoms with E-state index in [1.165, 1.54) is 0 Å². The molecule has 1 unspecified atom stereocenters. The summed E-state index contributed by atoms with van der Waals surface area (Å²) < 4.78 is 4.92. The van der Waals surface area contributed by atoms with Crippen molar-refractivity contribution < 1.29 is 9.53 Å². The summed E-state index contributed by atoms with van der Waals surface area (Å²) in [4.78, 5) is 13.3. The van der Waals surface area contributed by atoms with Gasteiger partial charge >= 0.3 is 0 Å². The molecule has 1 atom stereocenters. The molecule has 0 rings (SSSR count). The summed E-state index contributed by atoms with van der Waals surface area (Å²) in [6.07, 6.45) is 1.54. The van der Waals surface area contributed by atoms with Crippen LogP contribution in [0.2, 0.25) is 0 Å². The second kappa shape index (κ2) is 7.65. The van der Waals surface area contributed by atoms with Gasteiger partial charge in [0.25, 0.3) is 0 Å². The molecule has 90 valence electrons. The van der Waals surface area contributed by atoms with Gasteiger partial charge in [0.2, 0.25) is 5.91 Å². The summed E-state index contributed by atoms with van der Waals surface area (Å²) >= 11 is 0. The molecule has 0 heterocycles. The zero-order valence-electron chi connectivity index (χ0n) is 10.3. The molecule has 0 saturated heterocycles. The van der Waals surface area contributed by atoms with Crippen molar-refractivity contribution in [3.63, 3.8) is 0 Å². The van der Waals surface area contributed by atoms with Crippen molar-refractivity contribution in [1.82, 2.24) is 4.90 Å². The van der Waals surface area contributed by atoms with E-state index in [-0.39, 0.29) is 11.9 Å². The molecule has 2 N–H and O–H groups in total. The van der Waals surface area contributed by atoms with Gasteiger partial charge in [0, 0.05) is 33.2 Å². The summed E-state index contributed by atoms with van der Waals surface area (Å²) in [5.41, 5.74) is 5.76. The molecule has 0 aromatic rings. The number of amides is 1. The fourth-order valence-electron chi connectivity index (χ4n) is 1.32. The molecule has 0 aromatic carbocycles. The Kier molecular flexibility index (Phi) is 7.34. The number of carbonyl (C=O) groups excluding carboxylic acids is 1. The molecule has 0 aromatic heterocycles. The van der Waals surface area contributed by atoms with Crippen LogP contribution in [0.25, 0.3) is 0 Å². The first-order chi connectivity index (χ1) is 6.97. The van der Waals surface area contributed by atoms with Crippen LogP contribution >= 0.6 is 0 Å². The molecule has 0 bridgehead atoms. The van der Waals surface area contributed by atoms with Gasteiger partial charge in [-0.2, -0.15) is 0 Å². The van der Waals surface area contributed by atoms with Gasteiger partial charge in [0.1, 0.15) is 0 Å². The van der Waals surface area contributed by atoms with Crippen molar-refractivity contribution in [2.45, 2.75) is 32.7 Å². The molecule has 4 heteroatoms. The Labute approximate surface area is 92.8 Å². The number of hydrogen-bond acceptors (Lipinski definition) is 3. The van der Waals surface area contributed by atoms with Crippen LogP contribution in [0.5, 0.6) is 0 Å². The third-order valence-electron chi connectivity index (χ3n) is 2.25. The summed E-state index contributed by atoms with van der Waals surface area (Å²) in [5, 5.41) is 0. The van der Waals surface area contributed by atoms with Gasteiger partial charge in [0.15, 0.2) is 0 Å². The van der Waals surface area contributed by atoms with Crippen LogP contribution in [-0.4, -0.2) is 44.2 Å². The number of ether oxygens (including phenoxy) is 1. The Morgan fingerprint density at radius 3 is 2.53 bits per heavy atom. The van der Waals surface area contributed by atoms with Crippen LogP contribution in [0.15, 0.2) is 0 Å². The third kappa shape index (κ3) is 7.33. The predicted octanol–water partition coefficient (Wildman–Crippen LogP) is 0.855. The van der Waals surface area contributed by atoms with Crippen molar-refractivity contribution in [3.8, 4) is 0 Å². The summed E-state index contributed by atoms with van der Waals surface area (Å²) in [7, 11) is 3.40. The normalized spacial score (nSPS) is 12.9. The topological polar surface area (TPSA) is 55.6 Å². The average Bonchev–Trinajstić information content (AvgIpc) is 2.14. The van der Waals surface area contributed by atoms with Gasteiger partial charge in [-0.25, -0.2) is 0 Å². The lowest BCUT2D eigenvalue weighted by Gasteiger charge is -2.21. The summed E-state index contributed by atoms with van der Waals surface area (Å²) in [6.45, 7) is 5.28. The highest BCUT2D eigenvalue weighted by Crippen LogP contribution is 2.05. The molecular formula is C11H24N2O2. The molecule has 4 nitrogen and oxygen atoms in total. The number of hydrogen-bond donors (Lipinski definition) is 1. The number of carbonyl (C=O) groups is 1. The lowest BCUT2D eigenvalue weighted by atomic mass is 10.1. The van der Waals surface area contributed by atoms with E-state index in [1.54, 1.807) is 19.1 Å². The van der Waals surface area contributed by atoms with Gasteiger partial charge in [-0.3, -0.25) is 4.79 Å². The van der Waals surface area contributed by atoms with E-state index in [1.807, 2.05) is 0 Å². The second-order valence-electron chi connectivity index (χ2n) is 4.42. The first-order valence-electron chi connectivity index (χ1n) is 5.45. The Hall–Kier alpha value is -0.610. The largest absolute Gasteiger partial charge is 0.383 e. The van der Waals surface area contributed by atoms with E-state index in [0.717, 1.165) is 6.42 Å². The Morgan fingerprint density at radius 1 is 1.47 bits per heavy atom. The molecule has 0 saturated carbocycles. The molecule has 0 fully saturated rings. The minimum absolute atomic E-state index is 0.0944. The first kappa shape index (κ1) is 14.4. The third-order valence-corrected chi connectivity index (χ3v) is 2.25. The second-order valence-corrected chi connectivity index (χ2v) is 4.42. The van der Waals surface area contributed by atoms with Crippen LogP contribution in [0.3, 0.4) is 0 Å². The SMILES string of the molecule is COCC(N)CN(C)C(=O)CCC(C)C. The molecule has 15 heavy (non-hydrogen) atoms. The molecule has 0 aliphatic carbocycles. The zero-order chi connectivity index (χ0) is 11.8. The van der Waals surface area contributed by atoms with Gasteiger partial charge < -0.3 is 15.4 Å². The standard InChI is InChI=1S/C11H24N2O2/c1-9(2)5-6-11(14)13(3)7-10(12)8-15-4/h9-10H,5-8,12H2,1-4H3. The molecule has 1 amide bonds. The van der Waals surface area contributed by atoms with E-state index >= 15 is 0 Å². The smallest absolute Gasteiger partial charge is 0.222 e. The fourth-order valence-corrected chi connectivity index (χ4v) is 1.32. The Bertz CT molecular complexity index is 183. The maximum absolute atomic E-state index is 11.6. The minimum Gasteiger partial charge on any atom is -0.383 e. The summed E-state index contributed by atoms with van der Waals surface area (Å²) in [6, 6.07) is -0.0944. The van der Waals surface area contributed by atoms with Crippen LogP contribution in [0.1, 0.15) is 26.7 Å². The average molecular weight is 216 g/mol. The van der Waals surface area contributed by atoms with Crippen LogP contribution in [-0.2, 0) is 9.53 Å². The maximum Gasteiger partial charge on any atom is 0.222 e. The molecule has 0 radical (unpaired) electrons. The molecular weight excluding hydrogens is 192 g/mol. The lowest BCUT2D eigenvalue weighted by molar-refractivity contribution is -0.130. The van der Waals surface area contributed by atoms with E-state index in [4.69, 9.17) is 10.5 Å².